The molecule has 0 N–H and O–H groups in total. The van der Waals surface area contributed by atoms with E-state index in [4.69, 9.17) is 23.2 Å². The first-order valence-corrected chi connectivity index (χ1v) is 8.90. The Morgan fingerprint density at radius 3 is 2.81 bits per heavy atom. The number of thiophene rings is 1. The topological polar surface area (TPSA) is 17.8 Å². The second-order valence-corrected chi connectivity index (χ2v) is 8.25. The molecule has 0 saturated heterocycles. The molecule has 0 aliphatic heterocycles. The Morgan fingerprint density at radius 2 is 2.19 bits per heavy atom. The zero-order chi connectivity index (χ0) is 15.1. The molecule has 3 rings (SSSR count). The lowest BCUT2D eigenvalue weighted by Crippen LogP contribution is -2.04. The molecular formula is C14H10Cl2FIN2S. The van der Waals surface area contributed by atoms with Crippen LogP contribution in [-0.4, -0.2) is 9.55 Å². The van der Waals surface area contributed by atoms with Gasteiger partial charge in [0.05, 0.1) is 30.9 Å². The Hall–Kier alpha value is -0.370. The van der Waals surface area contributed by atoms with Gasteiger partial charge in [-0.2, -0.15) is 0 Å². The number of aromatic nitrogens is 2. The van der Waals surface area contributed by atoms with Crippen molar-refractivity contribution in [3.8, 4) is 0 Å². The fraction of sp³-hybridized carbons (Fsp3) is 0.214. The van der Waals surface area contributed by atoms with E-state index in [0.29, 0.717) is 10.1 Å². The number of nitrogens with zero attached hydrogens (tertiary/aromatic N) is 2. The lowest BCUT2D eigenvalue weighted by molar-refractivity contribution is 0.621. The van der Waals surface area contributed by atoms with Gasteiger partial charge < -0.3 is 4.57 Å². The van der Waals surface area contributed by atoms with Crippen LogP contribution in [-0.2, 0) is 6.54 Å². The molecule has 0 fully saturated rings. The van der Waals surface area contributed by atoms with E-state index in [2.05, 4.69) is 4.98 Å². The number of fused-ring (bicyclic) bond motifs is 1. The average molecular weight is 455 g/mol. The lowest BCUT2D eigenvalue weighted by Gasteiger charge is -2.09. The number of halogens is 4. The van der Waals surface area contributed by atoms with Crippen molar-refractivity contribution in [1.29, 1.82) is 0 Å². The summed E-state index contributed by atoms with van der Waals surface area (Å²) in [5, 5.41) is -0.256. The van der Waals surface area contributed by atoms with Crippen LogP contribution in [0.25, 0.3) is 11.0 Å². The number of hydrogen-bond donors (Lipinski definition) is 0. The molecule has 2 aromatic heterocycles. The predicted octanol–water partition coefficient (Wildman–Crippen LogP) is 5.84. The van der Waals surface area contributed by atoms with Crippen molar-refractivity contribution in [3.05, 3.63) is 48.7 Å². The van der Waals surface area contributed by atoms with E-state index < -0.39 is 0 Å². The summed E-state index contributed by atoms with van der Waals surface area (Å²) >= 11 is 15.7. The van der Waals surface area contributed by atoms with E-state index in [1.807, 2.05) is 46.2 Å². The maximum atomic E-state index is 13.9. The van der Waals surface area contributed by atoms with Gasteiger partial charge in [-0.15, -0.1) is 22.9 Å². The molecule has 0 bridgehead atoms. The van der Waals surface area contributed by atoms with Crippen LogP contribution in [0.3, 0.4) is 0 Å². The predicted molar refractivity (Wildman–Crippen MR) is 95.1 cm³/mol. The summed E-state index contributed by atoms with van der Waals surface area (Å²) in [5.74, 6) is 0.486. The van der Waals surface area contributed by atoms with Crippen LogP contribution in [0.15, 0.2) is 24.3 Å². The van der Waals surface area contributed by atoms with Crippen molar-refractivity contribution in [2.75, 3.05) is 0 Å². The SMILES string of the molecule is CC(Cl)c1nc2cc(I)c(F)cc2n1Cc1ccc(Cl)s1. The van der Waals surface area contributed by atoms with Crippen LogP contribution in [0.2, 0.25) is 4.34 Å². The van der Waals surface area contributed by atoms with Gasteiger partial charge in [0.25, 0.3) is 0 Å². The molecule has 1 atom stereocenters. The third-order valence-electron chi connectivity index (χ3n) is 3.12. The molecular weight excluding hydrogens is 445 g/mol. The molecule has 21 heavy (non-hydrogen) atoms. The summed E-state index contributed by atoms with van der Waals surface area (Å²) < 4.78 is 17.1. The number of hydrogen-bond acceptors (Lipinski definition) is 2. The molecule has 2 heterocycles. The minimum Gasteiger partial charge on any atom is -0.321 e. The summed E-state index contributed by atoms with van der Waals surface area (Å²) in [7, 11) is 0. The highest BCUT2D eigenvalue weighted by Gasteiger charge is 2.17. The quantitative estimate of drug-likeness (QED) is 0.359. The monoisotopic (exact) mass is 454 g/mol. The highest BCUT2D eigenvalue weighted by atomic mass is 127. The number of imidazole rings is 1. The zero-order valence-corrected chi connectivity index (χ0v) is 15.4. The number of rotatable bonds is 3. The van der Waals surface area contributed by atoms with Crippen molar-refractivity contribution in [1.82, 2.24) is 9.55 Å². The van der Waals surface area contributed by atoms with Crippen LogP contribution in [0.4, 0.5) is 4.39 Å². The third-order valence-corrected chi connectivity index (χ3v) is 5.36. The Balaban J connectivity index is 2.17. The van der Waals surface area contributed by atoms with Crippen LogP contribution >= 0.6 is 57.1 Å². The molecule has 1 aromatic carbocycles. The Bertz CT molecular complexity index is 813. The molecule has 7 heteroatoms. The maximum absolute atomic E-state index is 13.9. The van der Waals surface area contributed by atoms with Crippen LogP contribution < -0.4 is 0 Å². The van der Waals surface area contributed by atoms with E-state index in [9.17, 15) is 4.39 Å². The summed E-state index contributed by atoms with van der Waals surface area (Å²) in [6.07, 6.45) is 0. The highest BCUT2D eigenvalue weighted by molar-refractivity contribution is 14.1. The van der Waals surface area contributed by atoms with Crippen molar-refractivity contribution in [3.63, 3.8) is 0 Å². The molecule has 0 radical (unpaired) electrons. The number of benzene rings is 1. The summed E-state index contributed by atoms with van der Waals surface area (Å²) in [6, 6.07) is 7.08. The van der Waals surface area contributed by atoms with Crippen LogP contribution in [0.1, 0.15) is 23.0 Å². The molecule has 2 nitrogen and oxygen atoms in total. The van der Waals surface area contributed by atoms with Gasteiger partial charge in [0.1, 0.15) is 11.6 Å². The van der Waals surface area contributed by atoms with Crippen LogP contribution in [0, 0.1) is 9.39 Å². The van der Waals surface area contributed by atoms with Gasteiger partial charge in [-0.3, -0.25) is 0 Å². The van der Waals surface area contributed by atoms with Crippen molar-refractivity contribution in [2.24, 2.45) is 0 Å². The van der Waals surface area contributed by atoms with E-state index in [1.165, 1.54) is 17.4 Å². The first kappa shape index (κ1) is 15.5. The molecule has 0 aliphatic carbocycles. The molecule has 1 unspecified atom stereocenters. The second-order valence-electron chi connectivity index (χ2n) is 4.63. The Labute approximate surface area is 149 Å². The van der Waals surface area contributed by atoms with E-state index in [-0.39, 0.29) is 11.2 Å². The Morgan fingerprint density at radius 1 is 1.43 bits per heavy atom. The first-order chi connectivity index (χ1) is 9.95. The summed E-state index contributed by atoms with van der Waals surface area (Å²) in [4.78, 5) is 5.63. The first-order valence-electron chi connectivity index (χ1n) is 6.19. The van der Waals surface area contributed by atoms with Crippen molar-refractivity contribution < 1.29 is 4.39 Å². The van der Waals surface area contributed by atoms with Gasteiger partial charge in [0.2, 0.25) is 0 Å². The fourth-order valence-electron chi connectivity index (χ4n) is 2.20. The largest absolute Gasteiger partial charge is 0.321 e. The molecule has 3 aromatic rings. The van der Waals surface area contributed by atoms with Crippen molar-refractivity contribution >= 4 is 68.2 Å². The summed E-state index contributed by atoms with van der Waals surface area (Å²) in [5.41, 5.74) is 1.51. The summed E-state index contributed by atoms with van der Waals surface area (Å²) in [6.45, 7) is 2.45. The number of alkyl halides is 1. The normalized spacial score (nSPS) is 13.0. The van der Waals surface area contributed by atoms with E-state index in [0.717, 1.165) is 26.1 Å². The smallest absolute Gasteiger partial charge is 0.138 e. The highest BCUT2D eigenvalue weighted by Crippen LogP contribution is 2.30. The Kier molecular flexibility index (Phi) is 4.45. The molecule has 110 valence electrons. The maximum Gasteiger partial charge on any atom is 0.138 e. The molecule has 0 spiro atoms. The standard InChI is InChI=1S/C14H10Cl2FIN2S/c1-7(15)14-19-11-5-10(18)9(17)4-12(11)20(14)6-8-2-3-13(16)21-8/h2-5,7H,6H2,1H3. The minimum absolute atomic E-state index is 0.248. The van der Waals surface area contributed by atoms with Crippen LogP contribution in [0.5, 0.6) is 0 Å². The molecule has 0 saturated carbocycles. The van der Waals surface area contributed by atoms with Gasteiger partial charge in [-0.25, -0.2) is 9.37 Å². The average Bonchev–Trinajstić information content (AvgIpc) is 2.96. The van der Waals surface area contributed by atoms with E-state index >= 15 is 0 Å². The van der Waals surface area contributed by atoms with Gasteiger partial charge in [0.15, 0.2) is 0 Å². The molecule has 0 amide bonds. The fourth-order valence-corrected chi connectivity index (χ4v) is 3.90. The third kappa shape index (κ3) is 3.06. The van der Waals surface area contributed by atoms with Gasteiger partial charge >= 0.3 is 0 Å². The van der Waals surface area contributed by atoms with Crippen molar-refractivity contribution in [2.45, 2.75) is 18.8 Å². The second kappa shape index (κ2) is 6.02. The zero-order valence-electron chi connectivity index (χ0n) is 10.9. The molecule has 0 aliphatic rings. The van der Waals surface area contributed by atoms with E-state index in [1.54, 1.807) is 6.07 Å². The lowest BCUT2D eigenvalue weighted by atomic mass is 10.3. The van der Waals surface area contributed by atoms with Gasteiger partial charge in [-0.05, 0) is 47.7 Å². The van der Waals surface area contributed by atoms with Gasteiger partial charge in [-0.1, -0.05) is 11.6 Å². The van der Waals surface area contributed by atoms with Gasteiger partial charge in [0, 0.05) is 10.9 Å². The minimum atomic E-state index is -0.256.